The van der Waals surface area contributed by atoms with Gasteiger partial charge < -0.3 is 10.1 Å². The summed E-state index contributed by atoms with van der Waals surface area (Å²) in [5, 5.41) is 2.86. The van der Waals surface area contributed by atoms with Gasteiger partial charge in [-0.15, -0.1) is 0 Å². The Bertz CT molecular complexity index is 397. The van der Waals surface area contributed by atoms with Crippen molar-refractivity contribution < 1.29 is 17.9 Å². The van der Waals surface area contributed by atoms with E-state index >= 15 is 0 Å². The second-order valence-electron chi connectivity index (χ2n) is 4.96. The van der Waals surface area contributed by atoms with Crippen LogP contribution in [0.5, 0.6) is 0 Å². The number of nitrogens with zero attached hydrogens (tertiary/aromatic N) is 1. The van der Waals surface area contributed by atoms with Gasteiger partial charge in [-0.2, -0.15) is 0 Å². The Morgan fingerprint density at radius 3 is 2.79 bits per heavy atom. The second-order valence-corrected chi connectivity index (χ2v) is 7.22. The van der Waals surface area contributed by atoms with Crippen molar-refractivity contribution in [1.29, 1.82) is 0 Å². The van der Waals surface area contributed by atoms with Gasteiger partial charge in [0.05, 0.1) is 18.3 Å². The van der Waals surface area contributed by atoms with E-state index in [9.17, 15) is 13.2 Å². The first kappa shape index (κ1) is 16.4. The predicted octanol–water partition coefficient (Wildman–Crippen LogP) is 0.199. The summed E-state index contributed by atoms with van der Waals surface area (Å²) in [4.78, 5) is 12.1. The van der Waals surface area contributed by atoms with Crippen molar-refractivity contribution in [2.24, 2.45) is 5.92 Å². The number of methoxy groups -OCH3 is 1. The van der Waals surface area contributed by atoms with Gasteiger partial charge in [-0.25, -0.2) is 12.7 Å². The standard InChI is InChI=1S/C12H24N2O4S/c1-4-19(16,17)14-7-5-6-11(8-14)12(15)13-10(2)9-18-3/h10-11H,4-9H2,1-3H3,(H,13,15)/t10-,11+/m0/s1. The zero-order valence-electron chi connectivity index (χ0n) is 11.9. The minimum Gasteiger partial charge on any atom is -0.383 e. The number of piperidine rings is 1. The van der Waals surface area contributed by atoms with E-state index in [0.717, 1.165) is 12.8 Å². The SMILES string of the molecule is CCS(=O)(=O)N1CCC[C@@H](C(=O)N[C@@H](C)COC)C1. The molecule has 1 aliphatic heterocycles. The molecule has 0 radical (unpaired) electrons. The second kappa shape index (κ2) is 7.21. The molecule has 1 amide bonds. The Morgan fingerprint density at radius 2 is 2.21 bits per heavy atom. The van der Waals surface area contributed by atoms with E-state index in [0.29, 0.717) is 19.7 Å². The van der Waals surface area contributed by atoms with Crippen molar-refractivity contribution in [1.82, 2.24) is 9.62 Å². The summed E-state index contributed by atoms with van der Waals surface area (Å²) in [6.07, 6.45) is 1.47. The van der Waals surface area contributed by atoms with Crippen molar-refractivity contribution in [3.05, 3.63) is 0 Å². The molecule has 1 N–H and O–H groups in total. The van der Waals surface area contributed by atoms with Crippen molar-refractivity contribution >= 4 is 15.9 Å². The zero-order valence-corrected chi connectivity index (χ0v) is 12.7. The molecule has 0 saturated carbocycles. The Labute approximate surface area is 115 Å². The van der Waals surface area contributed by atoms with E-state index in [2.05, 4.69) is 5.32 Å². The van der Waals surface area contributed by atoms with Gasteiger partial charge in [0.2, 0.25) is 15.9 Å². The Hall–Kier alpha value is -0.660. The molecule has 0 spiro atoms. The summed E-state index contributed by atoms with van der Waals surface area (Å²) in [5.74, 6) is -0.253. The van der Waals surface area contributed by atoms with Crippen molar-refractivity contribution in [2.75, 3.05) is 32.6 Å². The molecule has 2 atom stereocenters. The molecular weight excluding hydrogens is 268 g/mol. The summed E-state index contributed by atoms with van der Waals surface area (Å²) in [6.45, 7) is 4.76. The molecule has 0 aromatic rings. The van der Waals surface area contributed by atoms with Crippen LogP contribution in [0.15, 0.2) is 0 Å². The van der Waals surface area contributed by atoms with Crippen LogP contribution in [0.2, 0.25) is 0 Å². The maximum atomic E-state index is 12.1. The minimum atomic E-state index is -3.20. The van der Waals surface area contributed by atoms with Gasteiger partial charge in [-0.3, -0.25) is 4.79 Å². The van der Waals surface area contributed by atoms with Crippen LogP contribution < -0.4 is 5.32 Å². The molecule has 19 heavy (non-hydrogen) atoms. The molecule has 112 valence electrons. The number of amides is 1. The molecule has 1 rings (SSSR count). The van der Waals surface area contributed by atoms with Gasteiger partial charge in [0, 0.05) is 26.2 Å². The maximum absolute atomic E-state index is 12.1. The van der Waals surface area contributed by atoms with Gasteiger partial charge in [0.1, 0.15) is 0 Å². The fourth-order valence-corrected chi connectivity index (χ4v) is 3.42. The van der Waals surface area contributed by atoms with Crippen LogP contribution in [-0.4, -0.2) is 57.2 Å². The average molecular weight is 292 g/mol. The third kappa shape index (κ3) is 4.74. The van der Waals surface area contributed by atoms with Crippen molar-refractivity contribution in [2.45, 2.75) is 32.7 Å². The van der Waals surface area contributed by atoms with E-state index in [1.807, 2.05) is 6.92 Å². The first-order chi connectivity index (χ1) is 8.90. The molecule has 0 aromatic carbocycles. The Morgan fingerprint density at radius 1 is 1.53 bits per heavy atom. The highest BCUT2D eigenvalue weighted by atomic mass is 32.2. The molecule has 1 heterocycles. The lowest BCUT2D eigenvalue weighted by Gasteiger charge is -2.31. The monoisotopic (exact) mass is 292 g/mol. The highest BCUT2D eigenvalue weighted by Gasteiger charge is 2.31. The topological polar surface area (TPSA) is 75.7 Å². The molecule has 1 saturated heterocycles. The van der Waals surface area contributed by atoms with Crippen LogP contribution in [0.4, 0.5) is 0 Å². The molecule has 1 aliphatic rings. The highest BCUT2D eigenvalue weighted by molar-refractivity contribution is 7.89. The molecule has 0 aromatic heterocycles. The fraction of sp³-hybridized carbons (Fsp3) is 0.917. The number of sulfonamides is 1. The van der Waals surface area contributed by atoms with Crippen LogP contribution in [-0.2, 0) is 19.6 Å². The fourth-order valence-electron chi connectivity index (χ4n) is 2.24. The van der Waals surface area contributed by atoms with Crippen LogP contribution in [0.3, 0.4) is 0 Å². The summed E-state index contributed by atoms with van der Waals surface area (Å²) in [6, 6.07) is -0.0596. The third-order valence-electron chi connectivity index (χ3n) is 3.32. The number of ether oxygens (including phenoxy) is 1. The molecule has 6 nitrogen and oxygen atoms in total. The number of rotatable bonds is 6. The third-order valence-corrected chi connectivity index (χ3v) is 5.17. The predicted molar refractivity (Wildman–Crippen MR) is 73.2 cm³/mol. The van der Waals surface area contributed by atoms with E-state index in [4.69, 9.17) is 4.74 Å². The summed E-state index contributed by atoms with van der Waals surface area (Å²) >= 11 is 0. The highest BCUT2D eigenvalue weighted by Crippen LogP contribution is 2.19. The van der Waals surface area contributed by atoms with E-state index in [1.54, 1.807) is 14.0 Å². The maximum Gasteiger partial charge on any atom is 0.224 e. The number of carbonyl (C=O) groups excluding carboxylic acids is 1. The number of hydrogen-bond donors (Lipinski definition) is 1. The summed E-state index contributed by atoms with van der Waals surface area (Å²) in [7, 11) is -1.62. The molecule has 1 fully saturated rings. The summed E-state index contributed by atoms with van der Waals surface area (Å²) in [5.41, 5.74) is 0. The van der Waals surface area contributed by atoms with Crippen LogP contribution in [0, 0.1) is 5.92 Å². The minimum absolute atomic E-state index is 0.0596. The quantitative estimate of drug-likeness (QED) is 0.759. The van der Waals surface area contributed by atoms with Crippen LogP contribution in [0.1, 0.15) is 26.7 Å². The lowest BCUT2D eigenvalue weighted by atomic mass is 9.98. The van der Waals surface area contributed by atoms with Gasteiger partial charge in [0.25, 0.3) is 0 Å². The van der Waals surface area contributed by atoms with Crippen LogP contribution in [0.25, 0.3) is 0 Å². The largest absolute Gasteiger partial charge is 0.383 e. The lowest BCUT2D eigenvalue weighted by molar-refractivity contribution is -0.127. The van der Waals surface area contributed by atoms with Gasteiger partial charge in [0.15, 0.2) is 0 Å². The molecule has 0 bridgehead atoms. The van der Waals surface area contributed by atoms with Gasteiger partial charge in [-0.05, 0) is 26.7 Å². The summed E-state index contributed by atoms with van der Waals surface area (Å²) < 4.78 is 30.0. The van der Waals surface area contributed by atoms with Gasteiger partial charge >= 0.3 is 0 Å². The van der Waals surface area contributed by atoms with E-state index in [1.165, 1.54) is 4.31 Å². The first-order valence-electron chi connectivity index (χ1n) is 6.67. The smallest absolute Gasteiger partial charge is 0.224 e. The Balaban J connectivity index is 2.57. The first-order valence-corrected chi connectivity index (χ1v) is 8.28. The number of hydrogen-bond acceptors (Lipinski definition) is 4. The molecular formula is C12H24N2O4S. The number of nitrogens with one attached hydrogen (secondary N) is 1. The number of carbonyl (C=O) groups is 1. The van der Waals surface area contributed by atoms with E-state index in [-0.39, 0.29) is 23.6 Å². The van der Waals surface area contributed by atoms with Crippen molar-refractivity contribution in [3.8, 4) is 0 Å². The zero-order chi connectivity index (χ0) is 14.5. The molecule has 0 aliphatic carbocycles. The normalized spacial score (nSPS) is 23.0. The van der Waals surface area contributed by atoms with E-state index < -0.39 is 10.0 Å². The molecule has 7 heteroatoms. The lowest BCUT2D eigenvalue weighted by Crippen LogP contribution is -2.48. The van der Waals surface area contributed by atoms with Crippen molar-refractivity contribution in [3.63, 3.8) is 0 Å². The Kier molecular flexibility index (Phi) is 6.22. The average Bonchev–Trinajstić information content (AvgIpc) is 2.39. The van der Waals surface area contributed by atoms with Gasteiger partial charge in [-0.1, -0.05) is 0 Å². The molecule has 0 unspecified atom stereocenters. The van der Waals surface area contributed by atoms with Crippen LogP contribution >= 0.6 is 0 Å².